The van der Waals surface area contributed by atoms with Crippen LogP contribution in [0, 0.1) is 5.82 Å². The summed E-state index contributed by atoms with van der Waals surface area (Å²) >= 11 is 5.83. The van der Waals surface area contributed by atoms with Crippen molar-refractivity contribution >= 4 is 17.5 Å². The van der Waals surface area contributed by atoms with Gasteiger partial charge in [-0.1, -0.05) is 17.7 Å². The molecule has 5 nitrogen and oxygen atoms in total. The van der Waals surface area contributed by atoms with Gasteiger partial charge < -0.3 is 10.0 Å². The number of nitrogens with zero attached hydrogens (tertiary/aromatic N) is 3. The van der Waals surface area contributed by atoms with E-state index in [1.165, 1.54) is 23.0 Å². The second-order valence-corrected chi connectivity index (χ2v) is 7.28. The predicted molar refractivity (Wildman–Crippen MR) is 93.8 cm³/mol. The smallest absolute Gasteiger partial charge is 0.373 e. The maximum absolute atomic E-state index is 14.3. The second-order valence-electron chi connectivity index (χ2n) is 6.88. The van der Waals surface area contributed by atoms with Crippen molar-refractivity contribution in [3.63, 3.8) is 0 Å². The zero-order valence-electron chi connectivity index (χ0n) is 14.9. The fourth-order valence-corrected chi connectivity index (χ4v) is 3.46. The van der Waals surface area contributed by atoms with Crippen molar-refractivity contribution in [2.24, 2.45) is 0 Å². The summed E-state index contributed by atoms with van der Waals surface area (Å²) in [7, 11) is 0. The van der Waals surface area contributed by atoms with Crippen LogP contribution in [0.25, 0.3) is 5.69 Å². The van der Waals surface area contributed by atoms with Crippen molar-refractivity contribution in [2.45, 2.75) is 37.5 Å². The van der Waals surface area contributed by atoms with E-state index in [0.717, 1.165) is 4.90 Å². The lowest BCUT2D eigenvalue weighted by molar-refractivity contribution is -0.250. The molecule has 152 valence electrons. The molecule has 1 aromatic carbocycles. The van der Waals surface area contributed by atoms with Crippen molar-refractivity contribution in [1.29, 1.82) is 0 Å². The molecule has 1 aromatic heterocycles. The number of hydrogen-bond donors (Lipinski definition) is 1. The number of halogens is 5. The number of rotatable bonds is 3. The normalized spacial score (nSPS) is 18.2. The largest absolute Gasteiger partial charge is 0.426 e. The summed E-state index contributed by atoms with van der Waals surface area (Å²) in [5.41, 5.74) is -2.58. The Morgan fingerprint density at radius 3 is 2.50 bits per heavy atom. The molecule has 1 aliphatic rings. The first-order valence-electron chi connectivity index (χ1n) is 8.61. The first-order valence-corrected chi connectivity index (χ1v) is 8.98. The van der Waals surface area contributed by atoms with Gasteiger partial charge in [-0.05, 0) is 38.0 Å². The van der Waals surface area contributed by atoms with Crippen molar-refractivity contribution in [3.05, 3.63) is 47.0 Å². The number of hydrogen-bond acceptors (Lipinski definition) is 3. The molecule has 28 heavy (non-hydrogen) atoms. The molecule has 0 saturated carbocycles. The third-order valence-corrected chi connectivity index (χ3v) is 5.29. The van der Waals surface area contributed by atoms with Crippen LogP contribution in [0.4, 0.5) is 17.6 Å². The standard InChI is InChI=1S/C18H18ClF4N3O2/c1-17(28,18(21,22)23)16(27)25-9-6-11(7-10-25)13-5-8-24-26(13)14-4-2-3-12(19)15(14)20/h2-5,8,11,28H,6-7,9-10H2,1H3/t17-/m1/s1. The number of benzene rings is 1. The summed E-state index contributed by atoms with van der Waals surface area (Å²) in [6.45, 7) is 0.538. The van der Waals surface area contributed by atoms with Crippen LogP contribution in [0.3, 0.4) is 0 Å². The van der Waals surface area contributed by atoms with Crippen LogP contribution in [0.1, 0.15) is 31.4 Å². The van der Waals surface area contributed by atoms with Crippen molar-refractivity contribution in [3.8, 4) is 5.69 Å². The van der Waals surface area contributed by atoms with Crippen molar-refractivity contribution in [2.75, 3.05) is 13.1 Å². The van der Waals surface area contributed by atoms with Gasteiger partial charge in [-0.3, -0.25) is 4.79 Å². The summed E-state index contributed by atoms with van der Waals surface area (Å²) in [5, 5.41) is 13.7. The summed E-state index contributed by atoms with van der Waals surface area (Å²) in [5.74, 6) is -2.13. The van der Waals surface area contributed by atoms with Crippen LogP contribution >= 0.6 is 11.6 Å². The van der Waals surface area contributed by atoms with E-state index >= 15 is 0 Å². The lowest BCUT2D eigenvalue weighted by atomic mass is 9.92. The Balaban J connectivity index is 1.76. The number of amides is 1. The molecule has 3 rings (SSSR count). The van der Waals surface area contributed by atoms with Crippen molar-refractivity contribution in [1.82, 2.24) is 14.7 Å². The third-order valence-electron chi connectivity index (χ3n) is 5.00. The van der Waals surface area contributed by atoms with Crippen LogP contribution in [0.5, 0.6) is 0 Å². The molecule has 1 N–H and O–H groups in total. The summed E-state index contributed by atoms with van der Waals surface area (Å²) in [6.07, 6.45) is -2.84. The van der Waals surface area contributed by atoms with Gasteiger partial charge in [0.15, 0.2) is 5.82 Å². The first-order chi connectivity index (χ1) is 13.0. The fourth-order valence-electron chi connectivity index (χ4n) is 3.29. The minimum absolute atomic E-state index is 0.0406. The van der Waals surface area contributed by atoms with E-state index in [2.05, 4.69) is 5.10 Å². The van der Waals surface area contributed by atoms with Crippen LogP contribution < -0.4 is 0 Å². The zero-order chi connectivity index (χ0) is 20.7. The summed E-state index contributed by atoms with van der Waals surface area (Å²) < 4.78 is 54.4. The molecule has 0 bridgehead atoms. The Kier molecular flexibility index (Phi) is 5.42. The first kappa shape index (κ1) is 20.6. The lowest BCUT2D eigenvalue weighted by Gasteiger charge is -2.36. The number of aliphatic hydroxyl groups is 1. The van der Waals surface area contributed by atoms with E-state index in [4.69, 9.17) is 11.6 Å². The molecule has 2 heterocycles. The van der Waals surface area contributed by atoms with Gasteiger partial charge in [0, 0.05) is 30.9 Å². The molecule has 2 aromatic rings. The van der Waals surface area contributed by atoms with E-state index in [9.17, 15) is 27.5 Å². The minimum atomic E-state index is -5.05. The summed E-state index contributed by atoms with van der Waals surface area (Å²) in [4.78, 5) is 13.1. The SMILES string of the molecule is C[C@@](O)(C(=O)N1CCC(c2ccnn2-c2cccc(Cl)c2F)CC1)C(F)(F)F. The average Bonchev–Trinajstić information content (AvgIpc) is 3.12. The highest BCUT2D eigenvalue weighted by Gasteiger charge is 2.57. The molecule has 0 unspecified atom stereocenters. The number of aromatic nitrogens is 2. The monoisotopic (exact) mass is 419 g/mol. The quantitative estimate of drug-likeness (QED) is 0.772. The van der Waals surface area contributed by atoms with Gasteiger partial charge in [-0.15, -0.1) is 0 Å². The van der Waals surface area contributed by atoms with E-state index in [-0.39, 0.29) is 29.7 Å². The zero-order valence-corrected chi connectivity index (χ0v) is 15.6. The maximum Gasteiger partial charge on any atom is 0.426 e. The summed E-state index contributed by atoms with van der Waals surface area (Å²) in [6, 6.07) is 6.23. The Labute approximate surface area is 163 Å². The van der Waals surface area contributed by atoms with E-state index < -0.39 is 23.5 Å². The average molecular weight is 420 g/mol. The number of carbonyl (C=O) groups excluding carboxylic acids is 1. The molecular weight excluding hydrogens is 402 g/mol. The van der Waals surface area contributed by atoms with Crippen LogP contribution in [0.2, 0.25) is 5.02 Å². The highest BCUT2D eigenvalue weighted by Crippen LogP contribution is 2.35. The van der Waals surface area contributed by atoms with Gasteiger partial charge in [0.2, 0.25) is 5.60 Å². The highest BCUT2D eigenvalue weighted by molar-refractivity contribution is 6.30. The molecule has 1 amide bonds. The molecule has 1 atom stereocenters. The number of carbonyl (C=O) groups is 1. The molecule has 1 saturated heterocycles. The maximum atomic E-state index is 14.3. The Morgan fingerprint density at radius 2 is 1.89 bits per heavy atom. The number of likely N-dealkylation sites (tertiary alicyclic amines) is 1. The fraction of sp³-hybridized carbons (Fsp3) is 0.444. The van der Waals surface area contributed by atoms with Crippen molar-refractivity contribution < 1.29 is 27.5 Å². The highest BCUT2D eigenvalue weighted by atomic mass is 35.5. The van der Waals surface area contributed by atoms with Gasteiger partial charge in [0.05, 0.1) is 5.02 Å². The number of alkyl halides is 3. The molecule has 1 fully saturated rings. The molecule has 0 aliphatic carbocycles. The lowest BCUT2D eigenvalue weighted by Crippen LogP contribution is -2.57. The molecular formula is C18H18ClF4N3O2. The van der Waals surface area contributed by atoms with E-state index in [0.29, 0.717) is 25.5 Å². The van der Waals surface area contributed by atoms with Crippen LogP contribution in [-0.4, -0.2) is 50.6 Å². The number of piperidine rings is 1. The van der Waals surface area contributed by atoms with Gasteiger partial charge in [0.25, 0.3) is 5.91 Å². The Morgan fingerprint density at radius 1 is 1.25 bits per heavy atom. The van der Waals surface area contributed by atoms with Gasteiger partial charge >= 0.3 is 6.18 Å². The second kappa shape index (κ2) is 7.36. The molecule has 0 radical (unpaired) electrons. The van der Waals surface area contributed by atoms with Gasteiger partial charge in [-0.2, -0.15) is 18.3 Å². The van der Waals surface area contributed by atoms with E-state index in [1.54, 1.807) is 12.1 Å². The predicted octanol–water partition coefficient (Wildman–Crippen LogP) is 3.68. The van der Waals surface area contributed by atoms with E-state index in [1.807, 2.05) is 0 Å². The Hall–Kier alpha value is -2.13. The topological polar surface area (TPSA) is 58.4 Å². The molecule has 0 spiro atoms. The minimum Gasteiger partial charge on any atom is -0.373 e. The molecule has 1 aliphatic heterocycles. The van der Waals surface area contributed by atoms with Crippen LogP contribution in [-0.2, 0) is 4.79 Å². The third kappa shape index (κ3) is 3.60. The van der Waals surface area contributed by atoms with Gasteiger partial charge in [-0.25, -0.2) is 9.07 Å². The van der Waals surface area contributed by atoms with Gasteiger partial charge in [0.1, 0.15) is 5.69 Å². The van der Waals surface area contributed by atoms with Crippen LogP contribution in [0.15, 0.2) is 30.5 Å². The Bertz CT molecular complexity index is 874. The molecule has 10 heteroatoms.